The lowest BCUT2D eigenvalue weighted by Gasteiger charge is -2.33. The molecule has 1 aliphatic carbocycles. The first-order valence-electron chi connectivity index (χ1n) is 13.6. The van der Waals surface area contributed by atoms with Gasteiger partial charge in [-0.3, -0.25) is 9.40 Å². The van der Waals surface area contributed by atoms with Crippen LogP contribution in [0, 0.1) is 11.6 Å². The van der Waals surface area contributed by atoms with Crippen molar-refractivity contribution in [3.8, 4) is 11.3 Å². The number of benzene rings is 2. The second-order valence-corrected chi connectivity index (χ2v) is 12.5. The molecule has 9 nitrogen and oxygen atoms in total. The first-order valence-corrected chi connectivity index (χ1v) is 15.5. The van der Waals surface area contributed by atoms with Crippen LogP contribution in [0.4, 0.5) is 20.3 Å². The molecule has 2 aliphatic rings. The van der Waals surface area contributed by atoms with Crippen molar-refractivity contribution >= 4 is 49.6 Å². The maximum atomic E-state index is 15.6. The highest BCUT2D eigenvalue weighted by Gasteiger charge is 2.27. The number of hydrogen-bond donors (Lipinski definition) is 3. The number of anilines is 2. The fourth-order valence-corrected chi connectivity index (χ4v) is 7.03. The van der Waals surface area contributed by atoms with Crippen molar-refractivity contribution in [2.24, 2.45) is 0 Å². The lowest BCUT2D eigenvalue weighted by molar-refractivity contribution is -0.0103. The monoisotopic (exact) mass is 614 g/mol. The lowest BCUT2D eigenvalue weighted by atomic mass is 9.89. The molecular weight excluding hydrogens is 586 g/mol. The molecule has 1 fully saturated rings. The van der Waals surface area contributed by atoms with Crippen molar-refractivity contribution in [3.05, 3.63) is 70.9 Å². The first-order chi connectivity index (χ1) is 20.2. The number of aryl methyl sites for hydroxylation is 1. The van der Waals surface area contributed by atoms with E-state index in [-0.39, 0.29) is 27.0 Å². The van der Waals surface area contributed by atoms with Gasteiger partial charge in [-0.25, -0.2) is 22.2 Å². The summed E-state index contributed by atoms with van der Waals surface area (Å²) in [6.07, 6.45) is 6.47. The summed E-state index contributed by atoms with van der Waals surface area (Å²) in [5.41, 5.74) is 8.33. The molecule has 220 valence electrons. The van der Waals surface area contributed by atoms with Gasteiger partial charge in [-0.2, -0.15) is 5.10 Å². The van der Waals surface area contributed by atoms with E-state index in [0.717, 1.165) is 55.7 Å². The number of nitrogens with two attached hydrogens (primary N) is 1. The Kier molecular flexibility index (Phi) is 7.64. The SMILES string of the molecule is CCn1nc(-c2cc(F)c(NS(=O)(=O)c3ccccc3Cl)cc2F)c2c(N)ncc(C3=CCC(NC4COC4)CC3)c21. The van der Waals surface area contributed by atoms with Gasteiger partial charge >= 0.3 is 0 Å². The van der Waals surface area contributed by atoms with Crippen LogP contribution in [0.15, 0.2) is 53.6 Å². The third-order valence-corrected chi connectivity index (χ3v) is 9.51. The normalized spacial score (nSPS) is 17.7. The predicted octanol–water partition coefficient (Wildman–Crippen LogP) is 5.36. The molecule has 0 spiro atoms. The van der Waals surface area contributed by atoms with E-state index in [4.69, 9.17) is 22.1 Å². The van der Waals surface area contributed by atoms with Crippen molar-refractivity contribution in [1.29, 1.82) is 0 Å². The zero-order valence-corrected chi connectivity index (χ0v) is 24.3. The van der Waals surface area contributed by atoms with Crippen LogP contribution in [0.1, 0.15) is 31.7 Å². The molecule has 2 aromatic carbocycles. The third kappa shape index (κ3) is 5.24. The Labute approximate surface area is 246 Å². The third-order valence-electron chi connectivity index (χ3n) is 7.64. The maximum absolute atomic E-state index is 15.6. The van der Waals surface area contributed by atoms with Gasteiger partial charge in [0, 0.05) is 36.0 Å². The average molecular weight is 615 g/mol. The van der Waals surface area contributed by atoms with Crippen LogP contribution in [0.25, 0.3) is 27.7 Å². The minimum Gasteiger partial charge on any atom is -0.383 e. The van der Waals surface area contributed by atoms with Crippen LogP contribution < -0.4 is 15.8 Å². The molecule has 42 heavy (non-hydrogen) atoms. The second kappa shape index (κ2) is 11.3. The van der Waals surface area contributed by atoms with Gasteiger partial charge in [0.25, 0.3) is 10.0 Å². The number of nitrogen functional groups attached to an aromatic ring is 1. The van der Waals surface area contributed by atoms with E-state index in [9.17, 15) is 8.42 Å². The van der Waals surface area contributed by atoms with E-state index >= 15 is 8.78 Å². The summed E-state index contributed by atoms with van der Waals surface area (Å²) in [6, 6.07) is 8.15. The maximum Gasteiger partial charge on any atom is 0.263 e. The van der Waals surface area contributed by atoms with Gasteiger partial charge in [-0.15, -0.1) is 0 Å². The largest absolute Gasteiger partial charge is 0.383 e. The second-order valence-electron chi connectivity index (χ2n) is 10.4. The standard InChI is InChI=1S/C29H29ClF2N6O3S/c1-2-38-28-20(16-7-9-17(10-8-16)35-18-14-41-15-18)13-34-29(33)26(28)27(36-38)19-11-23(32)24(12-22(19)31)37-42(39,40)25-6-4-3-5-21(25)30/h3-7,11-13,17-18,35,37H,2,8-10,14-15H2,1H3,(H2,33,34). The number of aromatic nitrogens is 3. The van der Waals surface area contributed by atoms with Crippen molar-refractivity contribution in [2.75, 3.05) is 23.7 Å². The average Bonchev–Trinajstić information content (AvgIpc) is 3.34. The number of nitrogens with zero attached hydrogens (tertiary/aromatic N) is 3. The summed E-state index contributed by atoms with van der Waals surface area (Å²) in [5.74, 6) is -1.74. The van der Waals surface area contributed by atoms with E-state index in [1.165, 1.54) is 18.2 Å². The zero-order chi connectivity index (χ0) is 29.6. The number of fused-ring (bicyclic) bond motifs is 1. The Bertz CT molecular complexity index is 1820. The van der Waals surface area contributed by atoms with Crippen molar-refractivity contribution in [2.45, 2.75) is 49.7 Å². The van der Waals surface area contributed by atoms with E-state index < -0.39 is 27.3 Å². The first kappa shape index (κ1) is 28.5. The summed E-state index contributed by atoms with van der Waals surface area (Å²) in [6.45, 7) is 3.82. The fraction of sp³-hybridized carbons (Fsp3) is 0.310. The number of rotatable bonds is 8. The Hall–Kier alpha value is -3.58. The predicted molar refractivity (Wildman–Crippen MR) is 159 cm³/mol. The number of sulfonamides is 1. The Morgan fingerprint density at radius 3 is 2.60 bits per heavy atom. The van der Waals surface area contributed by atoms with E-state index in [2.05, 4.69) is 26.2 Å². The molecule has 0 saturated carbocycles. The summed E-state index contributed by atoms with van der Waals surface area (Å²) >= 11 is 6.01. The van der Waals surface area contributed by atoms with Crippen LogP contribution >= 0.6 is 11.6 Å². The van der Waals surface area contributed by atoms with E-state index in [0.29, 0.717) is 29.5 Å². The molecule has 4 N–H and O–H groups in total. The number of nitrogens with one attached hydrogen (secondary N) is 2. The van der Waals surface area contributed by atoms with Gasteiger partial charge in [0.2, 0.25) is 0 Å². The molecular formula is C29H29ClF2N6O3S. The van der Waals surface area contributed by atoms with Gasteiger partial charge in [-0.05, 0) is 50.0 Å². The molecule has 1 unspecified atom stereocenters. The van der Waals surface area contributed by atoms with Crippen LogP contribution in [0.3, 0.4) is 0 Å². The van der Waals surface area contributed by atoms with Crippen molar-refractivity contribution in [1.82, 2.24) is 20.1 Å². The molecule has 3 heterocycles. The number of pyridine rings is 1. The Morgan fingerprint density at radius 2 is 1.93 bits per heavy atom. The summed E-state index contributed by atoms with van der Waals surface area (Å²) in [4.78, 5) is 4.14. The number of halogens is 3. The topological polar surface area (TPSA) is 124 Å². The summed E-state index contributed by atoms with van der Waals surface area (Å²) in [7, 11) is -4.28. The quantitative estimate of drug-likeness (QED) is 0.244. The van der Waals surface area contributed by atoms with Crippen molar-refractivity contribution < 1.29 is 21.9 Å². The minimum atomic E-state index is -4.28. The van der Waals surface area contributed by atoms with Crippen LogP contribution in [0.2, 0.25) is 5.02 Å². The summed E-state index contributed by atoms with van der Waals surface area (Å²) < 4.78 is 65.7. The number of ether oxygens (including phenoxy) is 1. The van der Waals surface area contributed by atoms with Crippen molar-refractivity contribution in [3.63, 3.8) is 0 Å². The smallest absolute Gasteiger partial charge is 0.263 e. The fourth-order valence-electron chi connectivity index (χ4n) is 5.45. The molecule has 6 rings (SSSR count). The van der Waals surface area contributed by atoms with Gasteiger partial charge in [0.05, 0.1) is 40.9 Å². The van der Waals surface area contributed by atoms with Gasteiger partial charge in [0.15, 0.2) is 0 Å². The highest BCUT2D eigenvalue weighted by molar-refractivity contribution is 7.92. The molecule has 13 heteroatoms. The molecule has 1 aliphatic heterocycles. The molecule has 1 saturated heterocycles. The number of hydrogen-bond acceptors (Lipinski definition) is 7. The van der Waals surface area contributed by atoms with Crippen LogP contribution in [0.5, 0.6) is 0 Å². The zero-order valence-electron chi connectivity index (χ0n) is 22.7. The molecule has 0 bridgehead atoms. The highest BCUT2D eigenvalue weighted by atomic mass is 35.5. The van der Waals surface area contributed by atoms with Gasteiger partial charge < -0.3 is 15.8 Å². The molecule has 0 amide bonds. The van der Waals surface area contributed by atoms with Crippen LogP contribution in [-0.2, 0) is 21.3 Å². The van der Waals surface area contributed by atoms with E-state index in [1.807, 2.05) is 6.92 Å². The minimum absolute atomic E-state index is 0.0503. The van der Waals surface area contributed by atoms with Crippen LogP contribution in [-0.4, -0.2) is 48.5 Å². The highest BCUT2D eigenvalue weighted by Crippen LogP contribution is 2.40. The molecule has 1 atom stereocenters. The molecule has 0 radical (unpaired) electrons. The number of allylic oxidation sites excluding steroid dienone is 1. The molecule has 4 aromatic rings. The summed E-state index contributed by atoms with van der Waals surface area (Å²) in [5, 5.41) is 8.58. The Morgan fingerprint density at radius 1 is 1.14 bits per heavy atom. The van der Waals surface area contributed by atoms with Gasteiger partial charge in [0.1, 0.15) is 28.0 Å². The lowest BCUT2D eigenvalue weighted by Crippen LogP contribution is -2.50. The van der Waals surface area contributed by atoms with Gasteiger partial charge in [-0.1, -0.05) is 29.8 Å². The molecule has 2 aromatic heterocycles. The van der Waals surface area contributed by atoms with E-state index in [1.54, 1.807) is 16.9 Å². The Balaban J connectivity index is 1.37.